The Balaban J connectivity index is 1.42. The average molecular weight is 480 g/mol. The maximum absolute atomic E-state index is 9.58. The number of nitrogens with zero attached hydrogens (tertiary/aromatic N) is 7. The van der Waals surface area contributed by atoms with Crippen LogP contribution in [0.25, 0.3) is 16.7 Å². The van der Waals surface area contributed by atoms with Crippen LogP contribution in [0, 0.1) is 0 Å². The number of aromatic nitrogens is 6. The first-order valence-corrected chi connectivity index (χ1v) is 12.3. The predicted molar refractivity (Wildman–Crippen MR) is 134 cm³/mol. The quantitative estimate of drug-likeness (QED) is 0.293. The van der Waals surface area contributed by atoms with Gasteiger partial charge in [-0.25, -0.2) is 9.97 Å². The first-order valence-electron chi connectivity index (χ1n) is 12.3. The van der Waals surface area contributed by atoms with Crippen molar-refractivity contribution in [2.24, 2.45) is 0 Å². The summed E-state index contributed by atoms with van der Waals surface area (Å²) in [6, 6.07) is 4.64. The van der Waals surface area contributed by atoms with Crippen molar-refractivity contribution >= 4 is 28.4 Å². The van der Waals surface area contributed by atoms with Gasteiger partial charge < -0.3 is 30.2 Å². The van der Waals surface area contributed by atoms with Crippen LogP contribution in [0.3, 0.4) is 0 Å². The minimum atomic E-state index is 0.0304. The van der Waals surface area contributed by atoms with Gasteiger partial charge in [0.05, 0.1) is 26.0 Å². The molecule has 1 aliphatic heterocycles. The van der Waals surface area contributed by atoms with Gasteiger partial charge in [0.1, 0.15) is 11.2 Å². The first-order chi connectivity index (χ1) is 17.2. The molecule has 4 aromatic heterocycles. The molecule has 1 saturated heterocycles. The van der Waals surface area contributed by atoms with E-state index in [1.54, 1.807) is 0 Å². The van der Waals surface area contributed by atoms with Crippen LogP contribution < -0.4 is 16.0 Å². The van der Waals surface area contributed by atoms with Gasteiger partial charge in [-0.1, -0.05) is 19.4 Å². The topological polar surface area (TPSA) is 132 Å². The molecule has 11 nitrogen and oxygen atoms in total. The number of hydrogen-bond donors (Lipinski definition) is 3. The lowest BCUT2D eigenvalue weighted by Gasteiger charge is -2.22. The number of fused-ring (bicyclic) bond motifs is 2. The van der Waals surface area contributed by atoms with Crippen molar-refractivity contribution in [2.75, 3.05) is 43.5 Å². The Morgan fingerprint density at radius 3 is 3.00 bits per heavy atom. The average Bonchev–Trinajstić information content (AvgIpc) is 3.61. The van der Waals surface area contributed by atoms with Crippen molar-refractivity contribution in [2.45, 2.75) is 45.3 Å². The number of anilines is 2. The van der Waals surface area contributed by atoms with E-state index in [9.17, 15) is 5.11 Å². The number of aliphatic hydroxyl groups excluding tert-OH is 1. The minimum Gasteiger partial charge on any atom is -0.395 e. The van der Waals surface area contributed by atoms with E-state index < -0.39 is 0 Å². The Morgan fingerprint density at radius 2 is 2.20 bits per heavy atom. The standard InChI is InChI=1S/C24H33N9O2/c1-2-3-8-31(10-11-34)23-21-20(28-24(25)29-23)15-32(30-21)14-17-4-5-19(33-9-7-26-22(17)33)13-27-18-6-12-35-16-18/h4-5,7,9,15,18,27,34H,2-3,6,8,10-14,16H2,1H3,(H2,25,28)/t18-/m0/s1. The molecule has 0 bridgehead atoms. The summed E-state index contributed by atoms with van der Waals surface area (Å²) in [4.78, 5) is 15.5. The lowest BCUT2D eigenvalue weighted by molar-refractivity contribution is 0.189. The zero-order valence-corrected chi connectivity index (χ0v) is 20.1. The van der Waals surface area contributed by atoms with Crippen molar-refractivity contribution in [1.82, 2.24) is 34.4 Å². The maximum atomic E-state index is 9.58. The molecule has 0 radical (unpaired) electrons. The lowest BCUT2D eigenvalue weighted by Crippen LogP contribution is -2.29. The zero-order valence-electron chi connectivity index (χ0n) is 20.1. The van der Waals surface area contributed by atoms with Crippen LogP contribution in [0.15, 0.2) is 30.7 Å². The number of ether oxygens (including phenoxy) is 1. The van der Waals surface area contributed by atoms with Gasteiger partial charge in [0.25, 0.3) is 0 Å². The highest BCUT2D eigenvalue weighted by atomic mass is 16.5. The molecule has 35 heavy (non-hydrogen) atoms. The van der Waals surface area contributed by atoms with E-state index in [1.807, 2.05) is 28.2 Å². The van der Waals surface area contributed by atoms with Crippen LogP contribution in [0.2, 0.25) is 0 Å². The molecule has 4 aromatic rings. The molecule has 5 heterocycles. The van der Waals surface area contributed by atoms with Crippen LogP contribution in [-0.2, 0) is 17.8 Å². The fourth-order valence-electron chi connectivity index (χ4n) is 4.57. The Bertz CT molecular complexity index is 1280. The molecule has 11 heteroatoms. The summed E-state index contributed by atoms with van der Waals surface area (Å²) in [6.07, 6.45) is 8.78. The summed E-state index contributed by atoms with van der Waals surface area (Å²) < 4.78 is 9.45. The molecule has 0 saturated carbocycles. The van der Waals surface area contributed by atoms with Crippen LogP contribution in [-0.4, -0.2) is 73.2 Å². The number of hydrogen-bond acceptors (Lipinski definition) is 9. The van der Waals surface area contributed by atoms with Crippen LogP contribution in [0.4, 0.5) is 11.8 Å². The maximum Gasteiger partial charge on any atom is 0.222 e. The van der Waals surface area contributed by atoms with Crippen molar-refractivity contribution in [1.29, 1.82) is 0 Å². The van der Waals surface area contributed by atoms with Gasteiger partial charge in [0.2, 0.25) is 5.95 Å². The second kappa shape index (κ2) is 10.5. The fraction of sp³-hybridized carbons (Fsp3) is 0.500. The van der Waals surface area contributed by atoms with Gasteiger partial charge in [-0.15, -0.1) is 0 Å². The summed E-state index contributed by atoms with van der Waals surface area (Å²) in [7, 11) is 0. The molecule has 1 aliphatic rings. The van der Waals surface area contributed by atoms with Crippen LogP contribution >= 0.6 is 0 Å². The Kier molecular flexibility index (Phi) is 7.07. The van der Waals surface area contributed by atoms with E-state index in [1.165, 1.54) is 0 Å². The number of nitrogens with two attached hydrogens (primary N) is 1. The third kappa shape index (κ3) is 5.07. The summed E-state index contributed by atoms with van der Waals surface area (Å²) in [5.41, 5.74) is 10.5. The molecule has 0 aliphatic carbocycles. The van der Waals surface area contributed by atoms with E-state index in [2.05, 4.69) is 43.7 Å². The zero-order chi connectivity index (χ0) is 24.2. The normalized spacial score (nSPS) is 16.0. The molecule has 0 spiro atoms. The molecule has 0 aromatic carbocycles. The largest absolute Gasteiger partial charge is 0.395 e. The molecular formula is C24H33N9O2. The number of aliphatic hydroxyl groups is 1. The number of unbranched alkanes of at least 4 members (excludes halogenated alkanes) is 1. The fourth-order valence-corrected chi connectivity index (χ4v) is 4.57. The summed E-state index contributed by atoms with van der Waals surface area (Å²) in [6.45, 7) is 6.28. The first kappa shape index (κ1) is 23.5. The third-order valence-electron chi connectivity index (χ3n) is 6.41. The number of rotatable bonds is 11. The molecule has 1 atom stereocenters. The van der Waals surface area contributed by atoms with Crippen molar-refractivity contribution < 1.29 is 9.84 Å². The van der Waals surface area contributed by atoms with Crippen molar-refractivity contribution in [3.8, 4) is 0 Å². The SMILES string of the molecule is CCCCN(CCO)c1nc(N)nc2cn(Cc3ccc(CN[C@H]4CCOC4)n4ccnc34)nc12. The number of pyridine rings is 1. The number of nitrogens with one attached hydrogen (secondary N) is 1. The van der Waals surface area contributed by atoms with E-state index >= 15 is 0 Å². The third-order valence-corrected chi connectivity index (χ3v) is 6.41. The summed E-state index contributed by atoms with van der Waals surface area (Å²) in [5.74, 6) is 0.865. The van der Waals surface area contributed by atoms with Gasteiger partial charge in [0, 0.05) is 55.9 Å². The molecule has 0 amide bonds. The van der Waals surface area contributed by atoms with Crippen LogP contribution in [0.5, 0.6) is 0 Å². The van der Waals surface area contributed by atoms with Gasteiger partial charge in [-0.05, 0) is 18.9 Å². The molecule has 4 N–H and O–H groups in total. The number of nitrogen functional groups attached to an aromatic ring is 1. The Hall–Kier alpha value is -3.28. The summed E-state index contributed by atoms with van der Waals surface area (Å²) in [5, 5.41) is 18.0. The van der Waals surface area contributed by atoms with Gasteiger partial charge in [0.15, 0.2) is 11.3 Å². The van der Waals surface area contributed by atoms with E-state index in [-0.39, 0.29) is 12.6 Å². The molecular weight excluding hydrogens is 446 g/mol. The van der Waals surface area contributed by atoms with Crippen LogP contribution in [0.1, 0.15) is 37.4 Å². The monoisotopic (exact) mass is 479 g/mol. The molecule has 5 rings (SSSR count). The van der Waals surface area contributed by atoms with Gasteiger partial charge >= 0.3 is 0 Å². The van der Waals surface area contributed by atoms with E-state index in [0.29, 0.717) is 36.0 Å². The molecule has 186 valence electrons. The second-order valence-electron chi connectivity index (χ2n) is 8.94. The van der Waals surface area contributed by atoms with Gasteiger partial charge in [-0.3, -0.25) is 4.68 Å². The summed E-state index contributed by atoms with van der Waals surface area (Å²) >= 11 is 0. The highest BCUT2D eigenvalue weighted by molar-refractivity contribution is 5.86. The number of imidazole rings is 1. The van der Waals surface area contributed by atoms with E-state index in [4.69, 9.17) is 15.6 Å². The van der Waals surface area contributed by atoms with Crippen molar-refractivity contribution in [3.63, 3.8) is 0 Å². The Morgan fingerprint density at radius 1 is 1.29 bits per heavy atom. The van der Waals surface area contributed by atoms with Gasteiger partial charge in [-0.2, -0.15) is 10.1 Å². The molecule has 0 unspecified atom stereocenters. The lowest BCUT2D eigenvalue weighted by atomic mass is 10.2. The smallest absolute Gasteiger partial charge is 0.222 e. The highest BCUT2D eigenvalue weighted by Gasteiger charge is 2.18. The Labute approximate surface area is 203 Å². The van der Waals surface area contributed by atoms with E-state index in [0.717, 1.165) is 62.5 Å². The highest BCUT2D eigenvalue weighted by Crippen LogP contribution is 2.24. The van der Waals surface area contributed by atoms with Crippen molar-refractivity contribution in [3.05, 3.63) is 42.0 Å². The predicted octanol–water partition coefficient (Wildman–Crippen LogP) is 1.58. The molecule has 1 fully saturated rings. The second-order valence-corrected chi connectivity index (χ2v) is 8.94. The minimum absolute atomic E-state index is 0.0304.